The summed E-state index contributed by atoms with van der Waals surface area (Å²) in [5.41, 5.74) is 0. The second kappa shape index (κ2) is 5.75. The number of amides is 1. The van der Waals surface area contributed by atoms with E-state index in [9.17, 15) is 4.79 Å². The van der Waals surface area contributed by atoms with Gasteiger partial charge in [0.05, 0.1) is 18.1 Å². The average molecular weight is 293 g/mol. The maximum atomic E-state index is 12.6. The molecule has 6 nitrogen and oxygen atoms in total. The van der Waals surface area contributed by atoms with Gasteiger partial charge in [-0.05, 0) is 26.2 Å². The largest absolute Gasteiger partial charge is 0.378 e. The predicted molar refractivity (Wildman–Crippen MR) is 75.6 cm³/mol. The number of hydrogen-bond acceptors (Lipinski definition) is 5. The Hall–Kier alpha value is -1.43. The molecule has 1 aromatic rings. The number of aromatic nitrogens is 2. The first kappa shape index (κ1) is 14.5. The summed E-state index contributed by atoms with van der Waals surface area (Å²) in [7, 11) is 0. The normalized spacial score (nSPS) is 28.4. The first-order valence-corrected chi connectivity index (χ1v) is 7.87. The lowest BCUT2D eigenvalue weighted by Gasteiger charge is -2.22. The van der Waals surface area contributed by atoms with Crippen LogP contribution in [0.4, 0.5) is 0 Å². The van der Waals surface area contributed by atoms with Crippen LogP contribution in [0.15, 0.2) is 4.52 Å². The molecule has 2 heterocycles. The molecule has 1 aromatic heterocycles. The third-order valence-corrected chi connectivity index (χ3v) is 4.22. The van der Waals surface area contributed by atoms with Gasteiger partial charge in [-0.15, -0.1) is 0 Å². The van der Waals surface area contributed by atoms with Crippen molar-refractivity contribution in [1.82, 2.24) is 15.0 Å². The maximum Gasteiger partial charge on any atom is 0.229 e. The molecule has 0 aromatic carbocycles. The number of carbonyl (C=O) groups excluding carboxylic acids is 1. The number of nitrogens with zero attached hydrogens (tertiary/aromatic N) is 3. The summed E-state index contributed by atoms with van der Waals surface area (Å²) in [5.74, 6) is 1.72. The molecule has 0 bridgehead atoms. The van der Waals surface area contributed by atoms with Crippen LogP contribution in [-0.4, -0.2) is 40.2 Å². The number of rotatable bonds is 5. The van der Waals surface area contributed by atoms with Gasteiger partial charge >= 0.3 is 0 Å². The first-order valence-electron chi connectivity index (χ1n) is 7.87. The highest BCUT2D eigenvalue weighted by molar-refractivity contribution is 5.82. The molecule has 1 aliphatic heterocycles. The summed E-state index contributed by atoms with van der Waals surface area (Å²) in [4.78, 5) is 18.9. The van der Waals surface area contributed by atoms with E-state index < -0.39 is 0 Å². The molecule has 0 spiro atoms. The third-order valence-electron chi connectivity index (χ3n) is 4.22. The van der Waals surface area contributed by atoms with Crippen molar-refractivity contribution >= 4 is 5.91 Å². The highest BCUT2D eigenvalue weighted by atomic mass is 16.5. The Labute approximate surface area is 124 Å². The summed E-state index contributed by atoms with van der Waals surface area (Å²) >= 11 is 0. The van der Waals surface area contributed by atoms with Gasteiger partial charge in [0.1, 0.15) is 0 Å². The molecule has 0 unspecified atom stereocenters. The van der Waals surface area contributed by atoms with Crippen molar-refractivity contribution in [3.63, 3.8) is 0 Å². The van der Waals surface area contributed by atoms with Crippen LogP contribution in [0.3, 0.4) is 0 Å². The van der Waals surface area contributed by atoms with E-state index >= 15 is 0 Å². The summed E-state index contributed by atoms with van der Waals surface area (Å²) in [6.07, 6.45) is 2.86. The zero-order chi connectivity index (χ0) is 15.0. The Morgan fingerprint density at radius 1 is 1.52 bits per heavy atom. The lowest BCUT2D eigenvalue weighted by molar-refractivity contribution is -0.134. The van der Waals surface area contributed by atoms with E-state index in [1.165, 1.54) is 0 Å². The second-order valence-electron chi connectivity index (χ2n) is 6.17. The molecular weight excluding hydrogens is 270 g/mol. The van der Waals surface area contributed by atoms with Crippen LogP contribution in [0.1, 0.15) is 63.7 Å². The summed E-state index contributed by atoms with van der Waals surface area (Å²) in [6.45, 7) is 7.45. The minimum atomic E-state index is -0.0309. The molecule has 3 atom stereocenters. The van der Waals surface area contributed by atoms with Crippen molar-refractivity contribution in [1.29, 1.82) is 0 Å². The smallest absolute Gasteiger partial charge is 0.229 e. The van der Waals surface area contributed by atoms with Crippen molar-refractivity contribution in [2.45, 2.75) is 58.1 Å². The van der Waals surface area contributed by atoms with Crippen LogP contribution < -0.4 is 0 Å². The van der Waals surface area contributed by atoms with Crippen LogP contribution >= 0.6 is 0 Å². The highest BCUT2D eigenvalue weighted by Crippen LogP contribution is 2.40. The van der Waals surface area contributed by atoms with E-state index in [4.69, 9.17) is 9.26 Å². The van der Waals surface area contributed by atoms with Gasteiger partial charge in [0, 0.05) is 19.1 Å². The Kier molecular flexibility index (Phi) is 3.97. The molecule has 1 aliphatic carbocycles. The van der Waals surface area contributed by atoms with Gasteiger partial charge in [-0.25, -0.2) is 0 Å². The van der Waals surface area contributed by atoms with Crippen LogP contribution in [0.2, 0.25) is 0 Å². The Morgan fingerprint density at radius 2 is 2.33 bits per heavy atom. The number of likely N-dealkylation sites (tertiary alicyclic amines) is 1. The fraction of sp³-hybridized carbons (Fsp3) is 0.800. The fourth-order valence-electron chi connectivity index (χ4n) is 2.96. The van der Waals surface area contributed by atoms with Gasteiger partial charge in [-0.3, -0.25) is 4.79 Å². The standard InChI is InChI=1S/C15H23N3O3/c1-4-20-12-8-10(12)15(19)18-7-5-6-11(18)13-16-14(9(2)3)21-17-13/h9-12H,4-8H2,1-3H3/t10-,11-,12-/m1/s1. The molecule has 1 saturated heterocycles. The lowest BCUT2D eigenvalue weighted by Crippen LogP contribution is -2.33. The molecule has 2 fully saturated rings. The second-order valence-corrected chi connectivity index (χ2v) is 6.17. The summed E-state index contributed by atoms with van der Waals surface area (Å²) < 4.78 is 10.8. The molecular formula is C15H23N3O3. The van der Waals surface area contributed by atoms with Crippen molar-refractivity contribution in [2.75, 3.05) is 13.2 Å². The molecule has 21 heavy (non-hydrogen) atoms. The van der Waals surface area contributed by atoms with Crippen LogP contribution in [0, 0.1) is 5.92 Å². The van der Waals surface area contributed by atoms with E-state index in [0.717, 1.165) is 25.8 Å². The molecule has 6 heteroatoms. The molecule has 0 radical (unpaired) electrons. The van der Waals surface area contributed by atoms with E-state index in [1.54, 1.807) is 0 Å². The Morgan fingerprint density at radius 3 is 3.00 bits per heavy atom. The zero-order valence-corrected chi connectivity index (χ0v) is 12.9. The van der Waals surface area contributed by atoms with Crippen molar-refractivity contribution in [3.8, 4) is 0 Å². The fourth-order valence-corrected chi connectivity index (χ4v) is 2.96. The van der Waals surface area contributed by atoms with E-state index in [1.807, 2.05) is 25.7 Å². The zero-order valence-electron chi connectivity index (χ0n) is 12.9. The van der Waals surface area contributed by atoms with E-state index in [-0.39, 0.29) is 29.9 Å². The molecule has 3 rings (SSSR count). The first-order chi connectivity index (χ1) is 10.1. The predicted octanol–water partition coefficient (Wildman–Crippen LogP) is 2.28. The minimum Gasteiger partial charge on any atom is -0.378 e. The van der Waals surface area contributed by atoms with E-state index in [0.29, 0.717) is 18.3 Å². The topological polar surface area (TPSA) is 68.5 Å². The Balaban J connectivity index is 1.69. The summed E-state index contributed by atoms with van der Waals surface area (Å²) in [6, 6.07) is -0.0309. The number of hydrogen-bond donors (Lipinski definition) is 0. The monoisotopic (exact) mass is 293 g/mol. The van der Waals surface area contributed by atoms with Gasteiger partial charge in [0.15, 0.2) is 5.82 Å². The number of ether oxygens (including phenoxy) is 1. The lowest BCUT2D eigenvalue weighted by atomic mass is 10.2. The highest BCUT2D eigenvalue weighted by Gasteiger charge is 2.48. The Bertz CT molecular complexity index is 514. The van der Waals surface area contributed by atoms with Gasteiger partial charge in [-0.1, -0.05) is 19.0 Å². The molecule has 1 saturated carbocycles. The van der Waals surface area contributed by atoms with Crippen molar-refractivity contribution < 1.29 is 14.1 Å². The molecule has 1 amide bonds. The van der Waals surface area contributed by atoms with E-state index in [2.05, 4.69) is 10.1 Å². The SMILES string of the molecule is CCO[C@@H]1C[C@H]1C(=O)N1CCC[C@@H]1c1noc(C(C)C)n1. The van der Waals surface area contributed by atoms with Gasteiger partial charge < -0.3 is 14.2 Å². The van der Waals surface area contributed by atoms with Crippen LogP contribution in [0.5, 0.6) is 0 Å². The van der Waals surface area contributed by atoms with Crippen LogP contribution in [-0.2, 0) is 9.53 Å². The third kappa shape index (κ3) is 2.81. The molecule has 0 N–H and O–H groups in total. The van der Waals surface area contributed by atoms with Gasteiger partial charge in [0.2, 0.25) is 11.8 Å². The van der Waals surface area contributed by atoms with Crippen LogP contribution in [0.25, 0.3) is 0 Å². The van der Waals surface area contributed by atoms with Gasteiger partial charge in [-0.2, -0.15) is 4.98 Å². The minimum absolute atomic E-state index is 0.0296. The molecule has 116 valence electrons. The van der Waals surface area contributed by atoms with Crippen molar-refractivity contribution in [2.24, 2.45) is 5.92 Å². The quantitative estimate of drug-likeness (QED) is 0.833. The summed E-state index contributed by atoms with van der Waals surface area (Å²) in [5, 5.41) is 4.08. The maximum absolute atomic E-state index is 12.6. The van der Waals surface area contributed by atoms with Gasteiger partial charge in [0.25, 0.3) is 0 Å². The molecule has 2 aliphatic rings. The average Bonchev–Trinajstić information content (AvgIpc) is 2.92. The van der Waals surface area contributed by atoms with Crippen molar-refractivity contribution in [3.05, 3.63) is 11.7 Å². The number of carbonyl (C=O) groups is 1.